The highest BCUT2D eigenvalue weighted by molar-refractivity contribution is 7.87. The third-order valence-corrected chi connectivity index (χ3v) is 7.02. The summed E-state index contributed by atoms with van der Waals surface area (Å²) < 4.78 is 31.5. The summed E-state index contributed by atoms with van der Waals surface area (Å²) in [7, 11) is 0.239. The number of methoxy groups -OCH3 is 1. The molecule has 0 spiro atoms. The van der Waals surface area contributed by atoms with Crippen LogP contribution in [-0.4, -0.2) is 42.6 Å². The van der Waals surface area contributed by atoms with Crippen molar-refractivity contribution in [1.82, 2.24) is 15.0 Å². The van der Waals surface area contributed by atoms with Gasteiger partial charge in [-0.3, -0.25) is 9.20 Å². The molecule has 0 aliphatic carbocycles. The van der Waals surface area contributed by atoms with E-state index in [4.69, 9.17) is 10.5 Å². The molecular formula is C20H21FN6O2S. The second-order valence-electron chi connectivity index (χ2n) is 7.36. The highest BCUT2D eigenvalue weighted by Gasteiger charge is 2.37. The first-order valence-electron chi connectivity index (χ1n) is 9.24. The number of halogens is 1. The number of aromatic nitrogens is 3. The van der Waals surface area contributed by atoms with E-state index in [-0.39, 0.29) is 11.6 Å². The van der Waals surface area contributed by atoms with Crippen LogP contribution in [0.5, 0.6) is 5.88 Å². The van der Waals surface area contributed by atoms with Crippen molar-refractivity contribution in [3.63, 3.8) is 0 Å². The number of nitrogens with two attached hydrogens (primary N) is 1. The van der Waals surface area contributed by atoms with Gasteiger partial charge in [0.2, 0.25) is 5.88 Å². The molecule has 0 saturated carbocycles. The van der Waals surface area contributed by atoms with E-state index in [1.807, 2.05) is 0 Å². The molecule has 0 radical (unpaired) electrons. The van der Waals surface area contributed by atoms with Crippen LogP contribution in [0.1, 0.15) is 25.5 Å². The van der Waals surface area contributed by atoms with E-state index < -0.39 is 27.4 Å². The molecule has 1 aliphatic rings. The number of hydrogen-bond acceptors (Lipinski definition) is 8. The summed E-state index contributed by atoms with van der Waals surface area (Å²) in [6.45, 7) is 3.55. The van der Waals surface area contributed by atoms with Crippen LogP contribution in [-0.2, 0) is 10.8 Å². The van der Waals surface area contributed by atoms with E-state index in [0.717, 1.165) is 0 Å². The summed E-state index contributed by atoms with van der Waals surface area (Å²) in [5, 5.41) is 3.22. The van der Waals surface area contributed by atoms with E-state index in [9.17, 15) is 8.60 Å². The Morgan fingerprint density at radius 1 is 1.30 bits per heavy atom. The second kappa shape index (κ2) is 7.60. The smallest absolute Gasteiger partial charge is 0.234 e. The van der Waals surface area contributed by atoms with E-state index >= 15 is 0 Å². The summed E-state index contributed by atoms with van der Waals surface area (Å²) >= 11 is 0. The van der Waals surface area contributed by atoms with Crippen molar-refractivity contribution in [2.24, 2.45) is 10.7 Å². The van der Waals surface area contributed by atoms with E-state index in [1.165, 1.54) is 19.4 Å². The maximum atomic E-state index is 14.6. The molecule has 0 amide bonds. The van der Waals surface area contributed by atoms with Gasteiger partial charge in [0.25, 0.3) is 0 Å². The molecule has 156 valence electrons. The number of benzene rings is 1. The van der Waals surface area contributed by atoms with Gasteiger partial charge >= 0.3 is 0 Å². The minimum absolute atomic E-state index is 0.206. The van der Waals surface area contributed by atoms with Gasteiger partial charge in [-0.1, -0.05) is 0 Å². The monoisotopic (exact) mass is 428 g/mol. The minimum atomic E-state index is -1.27. The Morgan fingerprint density at radius 2 is 2.10 bits per heavy atom. The van der Waals surface area contributed by atoms with Crippen LogP contribution in [0, 0.1) is 5.82 Å². The lowest BCUT2D eigenvalue weighted by molar-refractivity contribution is 0.397. The Bertz CT molecular complexity index is 1180. The highest BCUT2D eigenvalue weighted by atomic mass is 32.2. The Kier molecular flexibility index (Phi) is 5.10. The molecule has 0 saturated heterocycles. The normalized spacial score (nSPS) is 20.6. The molecule has 1 aliphatic heterocycles. The molecule has 4 rings (SSSR count). The SMILES string of the molecule is COc1cnc2c(Nc3ccc(F)c(C4CS(=O)C(C)(C)C(N)=N4)c3)ccnc2n1. The average molecular weight is 428 g/mol. The molecular weight excluding hydrogens is 407 g/mol. The van der Waals surface area contributed by atoms with Gasteiger partial charge in [-0.25, -0.2) is 14.4 Å². The van der Waals surface area contributed by atoms with Crippen LogP contribution >= 0.6 is 0 Å². The quantitative estimate of drug-likeness (QED) is 0.656. The molecule has 0 fully saturated rings. The summed E-state index contributed by atoms with van der Waals surface area (Å²) in [4.78, 5) is 17.2. The average Bonchev–Trinajstić information content (AvgIpc) is 2.73. The van der Waals surface area contributed by atoms with Crippen molar-refractivity contribution in [2.75, 3.05) is 18.2 Å². The van der Waals surface area contributed by atoms with Crippen molar-refractivity contribution >= 4 is 39.2 Å². The fourth-order valence-electron chi connectivity index (χ4n) is 3.12. The van der Waals surface area contributed by atoms with Crippen LogP contribution in [0.25, 0.3) is 11.2 Å². The lowest BCUT2D eigenvalue weighted by Gasteiger charge is -2.31. The first-order chi connectivity index (χ1) is 14.3. The Morgan fingerprint density at radius 3 is 2.83 bits per heavy atom. The molecule has 2 aromatic heterocycles. The zero-order chi connectivity index (χ0) is 21.5. The number of amidine groups is 1. The molecule has 1 aromatic carbocycles. The molecule has 10 heteroatoms. The van der Waals surface area contributed by atoms with E-state index in [0.29, 0.717) is 34.0 Å². The molecule has 30 heavy (non-hydrogen) atoms. The first-order valence-corrected chi connectivity index (χ1v) is 10.6. The number of rotatable bonds is 4. The fourth-order valence-corrected chi connectivity index (χ4v) is 4.37. The van der Waals surface area contributed by atoms with Crippen molar-refractivity contribution in [1.29, 1.82) is 0 Å². The number of anilines is 2. The van der Waals surface area contributed by atoms with Gasteiger partial charge in [-0.2, -0.15) is 4.98 Å². The number of nitrogens with zero attached hydrogens (tertiary/aromatic N) is 4. The molecule has 2 atom stereocenters. The van der Waals surface area contributed by atoms with Crippen molar-refractivity contribution in [3.05, 3.63) is 48.0 Å². The Balaban J connectivity index is 1.69. The standard InChI is InChI=1S/C20H21FN6O2S/c1-20(2)19(22)26-15(10-30(20)28)12-8-11(4-5-13(12)21)25-14-6-7-23-18-17(14)24-9-16(27-18)29-3/h4-9,15H,10H2,1-3H3,(H2,22,26)(H,23,25,27). The van der Waals surface area contributed by atoms with E-state index in [2.05, 4.69) is 25.3 Å². The maximum absolute atomic E-state index is 14.6. The molecule has 8 nitrogen and oxygen atoms in total. The van der Waals surface area contributed by atoms with Crippen LogP contribution in [0.3, 0.4) is 0 Å². The first kappa shape index (κ1) is 20.1. The molecule has 2 unspecified atom stereocenters. The summed E-state index contributed by atoms with van der Waals surface area (Å²) in [5.74, 6) is 0.402. The summed E-state index contributed by atoms with van der Waals surface area (Å²) in [5.41, 5.74) is 8.60. The second-order valence-corrected chi connectivity index (χ2v) is 9.40. The number of hydrogen-bond donors (Lipinski definition) is 2. The summed E-state index contributed by atoms with van der Waals surface area (Å²) in [6.07, 6.45) is 3.10. The van der Waals surface area contributed by atoms with Crippen molar-refractivity contribution < 1.29 is 13.3 Å². The van der Waals surface area contributed by atoms with Crippen LogP contribution < -0.4 is 15.8 Å². The van der Waals surface area contributed by atoms with Crippen molar-refractivity contribution in [3.8, 4) is 5.88 Å². The summed E-state index contributed by atoms with van der Waals surface area (Å²) in [6, 6.07) is 5.75. The number of fused-ring (bicyclic) bond motifs is 1. The van der Waals surface area contributed by atoms with Gasteiger partial charge in [0.05, 0.1) is 35.5 Å². The number of aliphatic imine (C=N–C) groups is 1. The van der Waals surface area contributed by atoms with E-state index in [1.54, 1.807) is 38.2 Å². The predicted octanol–water partition coefficient (Wildman–Crippen LogP) is 2.86. The zero-order valence-corrected chi connectivity index (χ0v) is 17.5. The number of nitrogens with one attached hydrogen (secondary N) is 1. The molecule has 0 bridgehead atoms. The predicted molar refractivity (Wildman–Crippen MR) is 115 cm³/mol. The fraction of sp³-hybridized carbons (Fsp3) is 0.300. The van der Waals surface area contributed by atoms with Gasteiger partial charge in [0.15, 0.2) is 5.65 Å². The van der Waals surface area contributed by atoms with Crippen LogP contribution in [0.2, 0.25) is 0 Å². The third kappa shape index (κ3) is 3.58. The molecule has 3 aromatic rings. The number of pyridine rings is 1. The van der Waals surface area contributed by atoms with Gasteiger partial charge in [0.1, 0.15) is 17.2 Å². The van der Waals surface area contributed by atoms with Gasteiger partial charge in [-0.05, 0) is 38.1 Å². The van der Waals surface area contributed by atoms with Crippen molar-refractivity contribution in [2.45, 2.75) is 24.6 Å². The van der Waals surface area contributed by atoms with Gasteiger partial charge in [0, 0.05) is 28.2 Å². The zero-order valence-electron chi connectivity index (χ0n) is 16.7. The molecule has 3 heterocycles. The Labute approximate surface area is 175 Å². The molecule has 3 N–H and O–H groups in total. The maximum Gasteiger partial charge on any atom is 0.234 e. The van der Waals surface area contributed by atoms with Crippen LogP contribution in [0.4, 0.5) is 15.8 Å². The number of ether oxygens (including phenoxy) is 1. The third-order valence-electron chi connectivity index (χ3n) is 5.06. The lowest BCUT2D eigenvalue weighted by atomic mass is 10.1. The van der Waals surface area contributed by atoms with Crippen LogP contribution in [0.15, 0.2) is 41.7 Å². The van der Waals surface area contributed by atoms with Gasteiger partial charge < -0.3 is 15.8 Å². The highest BCUT2D eigenvalue weighted by Crippen LogP contribution is 2.33. The topological polar surface area (TPSA) is 115 Å². The minimum Gasteiger partial charge on any atom is -0.480 e. The van der Waals surface area contributed by atoms with Gasteiger partial charge in [-0.15, -0.1) is 0 Å². The lowest BCUT2D eigenvalue weighted by Crippen LogP contribution is -2.47. The Hall–Kier alpha value is -3.14. The largest absolute Gasteiger partial charge is 0.480 e.